The summed E-state index contributed by atoms with van der Waals surface area (Å²) in [6.45, 7) is 16.0. The highest BCUT2D eigenvalue weighted by Crippen LogP contribution is 2.08. The largest absolute Gasteiger partial charge is 0.478 e. The highest BCUT2D eigenvalue weighted by molar-refractivity contribution is 5.97. The van der Waals surface area contributed by atoms with Crippen LogP contribution in [0, 0.1) is 5.92 Å². The lowest BCUT2D eigenvalue weighted by molar-refractivity contribution is -0.130. The monoisotopic (exact) mass is 556 g/mol. The Morgan fingerprint density at radius 2 is 1.40 bits per heavy atom. The molecule has 9 nitrogen and oxygen atoms in total. The highest BCUT2D eigenvalue weighted by atomic mass is 16.4. The maximum atomic E-state index is 12.9. The number of hydrogen-bond donors (Lipinski definition) is 5. The van der Waals surface area contributed by atoms with Gasteiger partial charge in [-0.3, -0.25) is 14.4 Å². The van der Waals surface area contributed by atoms with E-state index in [1.54, 1.807) is 13.0 Å². The third-order valence-electron chi connectivity index (χ3n) is 5.69. The van der Waals surface area contributed by atoms with E-state index in [1.165, 1.54) is 18.2 Å². The first-order chi connectivity index (χ1) is 19.1. The molecule has 222 valence electrons. The zero-order valence-electron chi connectivity index (χ0n) is 25.2. The van der Waals surface area contributed by atoms with Gasteiger partial charge in [0.25, 0.3) is 5.91 Å². The molecule has 0 radical (unpaired) electrons. The van der Waals surface area contributed by atoms with Crippen molar-refractivity contribution in [1.29, 1.82) is 0 Å². The molecule has 0 saturated carbocycles. The number of carbonyl (C=O) groups is 4. The van der Waals surface area contributed by atoms with Gasteiger partial charge in [0.15, 0.2) is 0 Å². The Balaban J connectivity index is 0.00000363. The summed E-state index contributed by atoms with van der Waals surface area (Å²) in [5, 5.41) is 20.9. The van der Waals surface area contributed by atoms with Gasteiger partial charge in [0.1, 0.15) is 6.04 Å². The number of carboxylic acid groups (broad SMARTS) is 1. The van der Waals surface area contributed by atoms with E-state index in [4.69, 9.17) is 0 Å². The number of carbonyl (C=O) groups excluding carboxylic acids is 3. The van der Waals surface area contributed by atoms with E-state index in [1.807, 2.05) is 78.8 Å². The van der Waals surface area contributed by atoms with Crippen LogP contribution in [0.5, 0.6) is 0 Å². The third kappa shape index (κ3) is 12.9. The van der Waals surface area contributed by atoms with Gasteiger partial charge >= 0.3 is 5.97 Å². The molecule has 0 bridgehead atoms. The average Bonchev–Trinajstić information content (AvgIpc) is 2.96. The van der Waals surface area contributed by atoms with Crippen LogP contribution in [0.2, 0.25) is 0 Å². The molecule has 0 heterocycles. The van der Waals surface area contributed by atoms with Crippen LogP contribution in [-0.4, -0.2) is 60.0 Å². The molecule has 3 amide bonds. The molecule has 0 spiro atoms. The number of aromatic carboxylic acids is 1. The van der Waals surface area contributed by atoms with Gasteiger partial charge in [0.2, 0.25) is 11.8 Å². The number of amides is 3. The molecule has 40 heavy (non-hydrogen) atoms. The van der Waals surface area contributed by atoms with Crippen molar-refractivity contribution < 1.29 is 24.3 Å². The molecule has 0 aliphatic carbocycles. The Morgan fingerprint density at radius 1 is 0.800 bits per heavy atom. The normalized spacial score (nSPS) is 12.3. The number of hydrogen-bond acceptors (Lipinski definition) is 5. The Morgan fingerprint density at radius 3 is 1.95 bits per heavy atom. The molecule has 1 unspecified atom stereocenters. The van der Waals surface area contributed by atoms with Crippen LogP contribution >= 0.6 is 0 Å². The lowest BCUT2D eigenvalue weighted by Crippen LogP contribution is -2.55. The van der Waals surface area contributed by atoms with Gasteiger partial charge in [0.05, 0.1) is 11.6 Å². The van der Waals surface area contributed by atoms with Crippen LogP contribution in [0.1, 0.15) is 81.7 Å². The maximum Gasteiger partial charge on any atom is 0.335 e. The minimum absolute atomic E-state index is 0.0255. The standard InChI is InChI=1S/C27H36N4O5.2C2H6/c1-5-28-26(34)23(17(2)3)31-24(32)18(4)29-16-22(14-19-10-7-6-8-11-19)30-25(33)20-12-9-13-21(15-20)27(35)36;2*1-2/h6-13,15,17-18,22-23,29H,5,14,16H2,1-4H3,(H,28,34)(H,30,33)(H,31,32)(H,35,36);2*1-2H3/t18?,22-,23-;;/m0../s1. The van der Waals surface area contributed by atoms with Crippen molar-refractivity contribution in [3.8, 4) is 0 Å². The van der Waals surface area contributed by atoms with Crippen molar-refractivity contribution in [3.05, 3.63) is 71.3 Å². The van der Waals surface area contributed by atoms with Crippen LogP contribution in [-0.2, 0) is 16.0 Å². The second-order valence-electron chi connectivity index (χ2n) is 9.00. The van der Waals surface area contributed by atoms with Gasteiger partial charge in [-0.05, 0) is 49.9 Å². The first kappa shape index (κ1) is 36.3. The molecule has 0 aromatic heterocycles. The van der Waals surface area contributed by atoms with Gasteiger partial charge in [-0.1, -0.05) is 77.9 Å². The van der Waals surface area contributed by atoms with Crippen molar-refractivity contribution in [2.45, 2.75) is 79.9 Å². The zero-order chi connectivity index (χ0) is 30.7. The predicted molar refractivity (Wildman–Crippen MR) is 160 cm³/mol. The van der Waals surface area contributed by atoms with Crippen molar-refractivity contribution in [3.63, 3.8) is 0 Å². The minimum atomic E-state index is -1.11. The van der Waals surface area contributed by atoms with Gasteiger partial charge < -0.3 is 26.4 Å². The predicted octanol–water partition coefficient (Wildman–Crippen LogP) is 4.03. The number of carboxylic acids is 1. The summed E-state index contributed by atoms with van der Waals surface area (Å²) in [7, 11) is 0. The molecular formula is C31H48N4O5. The van der Waals surface area contributed by atoms with E-state index in [0.717, 1.165) is 5.56 Å². The molecule has 0 fully saturated rings. The van der Waals surface area contributed by atoms with Crippen LogP contribution in [0.4, 0.5) is 0 Å². The summed E-state index contributed by atoms with van der Waals surface area (Å²) < 4.78 is 0. The molecule has 2 aromatic rings. The van der Waals surface area contributed by atoms with Crippen molar-refractivity contribution in [2.24, 2.45) is 5.92 Å². The van der Waals surface area contributed by atoms with Crippen molar-refractivity contribution in [2.75, 3.05) is 13.1 Å². The lowest BCUT2D eigenvalue weighted by atomic mass is 10.0. The fourth-order valence-corrected chi connectivity index (χ4v) is 3.64. The summed E-state index contributed by atoms with van der Waals surface area (Å²) >= 11 is 0. The number of rotatable bonds is 13. The van der Waals surface area contributed by atoms with Crippen LogP contribution in [0.3, 0.4) is 0 Å². The van der Waals surface area contributed by atoms with E-state index >= 15 is 0 Å². The topological polar surface area (TPSA) is 137 Å². The Bertz CT molecular complexity index is 1040. The second-order valence-corrected chi connectivity index (χ2v) is 9.00. The lowest BCUT2D eigenvalue weighted by Gasteiger charge is -2.25. The van der Waals surface area contributed by atoms with E-state index in [2.05, 4.69) is 21.3 Å². The Labute approximate surface area is 239 Å². The SMILES string of the molecule is CC.CC.CCNC(=O)[C@@H](NC(=O)C(C)NC[C@H](Cc1ccccc1)NC(=O)c1cccc(C(=O)O)c1)C(C)C. The van der Waals surface area contributed by atoms with E-state index < -0.39 is 24.0 Å². The molecular weight excluding hydrogens is 508 g/mol. The van der Waals surface area contributed by atoms with E-state index in [-0.39, 0.29) is 41.4 Å². The molecule has 0 aliphatic heterocycles. The molecule has 3 atom stereocenters. The molecule has 5 N–H and O–H groups in total. The molecule has 9 heteroatoms. The van der Waals surface area contributed by atoms with Crippen molar-refractivity contribution in [1.82, 2.24) is 21.3 Å². The Kier molecular flexibility index (Phi) is 18.3. The molecule has 0 aliphatic rings. The highest BCUT2D eigenvalue weighted by Gasteiger charge is 2.26. The number of benzene rings is 2. The summed E-state index contributed by atoms with van der Waals surface area (Å²) in [6, 6.07) is 13.8. The number of nitrogens with one attached hydrogen (secondary N) is 4. The maximum absolute atomic E-state index is 12.9. The Hall–Kier alpha value is -3.72. The van der Waals surface area contributed by atoms with Gasteiger partial charge in [-0.25, -0.2) is 4.79 Å². The van der Waals surface area contributed by atoms with Crippen LogP contribution in [0.15, 0.2) is 54.6 Å². The fraction of sp³-hybridized carbons (Fsp3) is 0.484. The summed E-state index contributed by atoms with van der Waals surface area (Å²) in [5.41, 5.74) is 1.26. The fourth-order valence-electron chi connectivity index (χ4n) is 3.64. The van der Waals surface area contributed by atoms with E-state index in [9.17, 15) is 24.3 Å². The third-order valence-corrected chi connectivity index (χ3v) is 5.69. The van der Waals surface area contributed by atoms with Crippen molar-refractivity contribution >= 4 is 23.7 Å². The summed E-state index contributed by atoms with van der Waals surface area (Å²) in [5.74, 6) is -2.16. The van der Waals surface area contributed by atoms with Crippen LogP contribution in [0.25, 0.3) is 0 Å². The van der Waals surface area contributed by atoms with Gasteiger partial charge in [-0.15, -0.1) is 0 Å². The molecule has 0 saturated heterocycles. The average molecular weight is 557 g/mol. The zero-order valence-corrected chi connectivity index (χ0v) is 25.2. The minimum Gasteiger partial charge on any atom is -0.478 e. The smallest absolute Gasteiger partial charge is 0.335 e. The van der Waals surface area contributed by atoms with Gasteiger partial charge in [0, 0.05) is 24.7 Å². The van der Waals surface area contributed by atoms with E-state index in [0.29, 0.717) is 13.0 Å². The molecule has 2 aromatic carbocycles. The second kappa shape index (κ2) is 20.2. The molecule has 2 rings (SSSR count). The number of likely N-dealkylation sites (N-methyl/N-ethyl adjacent to an activating group) is 1. The summed E-state index contributed by atoms with van der Waals surface area (Å²) in [4.78, 5) is 49.3. The summed E-state index contributed by atoms with van der Waals surface area (Å²) in [6.07, 6.45) is 0.500. The quantitative estimate of drug-likeness (QED) is 0.253. The first-order valence-electron chi connectivity index (χ1n) is 14.1. The van der Waals surface area contributed by atoms with Crippen LogP contribution < -0.4 is 21.3 Å². The first-order valence-corrected chi connectivity index (χ1v) is 14.1. The van der Waals surface area contributed by atoms with Gasteiger partial charge in [-0.2, -0.15) is 0 Å².